The number of hydrogen-bond donors (Lipinski definition) is 1. The van der Waals surface area contributed by atoms with E-state index in [1.165, 1.54) is 12.1 Å². The Hall–Kier alpha value is -4.24. The molecule has 0 unspecified atom stereocenters. The van der Waals surface area contributed by atoms with Crippen molar-refractivity contribution in [3.63, 3.8) is 0 Å². The van der Waals surface area contributed by atoms with Gasteiger partial charge in [0.2, 0.25) is 5.91 Å². The number of anilines is 1. The molecule has 1 aliphatic rings. The Kier molecular flexibility index (Phi) is 7.34. The van der Waals surface area contributed by atoms with E-state index in [2.05, 4.69) is 5.32 Å². The van der Waals surface area contributed by atoms with Gasteiger partial charge in [0.25, 0.3) is 5.91 Å². The van der Waals surface area contributed by atoms with Gasteiger partial charge in [-0.05, 0) is 46.7 Å². The molecule has 0 saturated carbocycles. The van der Waals surface area contributed by atoms with Gasteiger partial charge >= 0.3 is 0 Å². The molecule has 39 heavy (non-hydrogen) atoms. The van der Waals surface area contributed by atoms with Crippen molar-refractivity contribution < 1.29 is 22.4 Å². The standard InChI is InChI=1S/C30H28FN3O4S/c1-39(37,38)27-20-25(31)13-14-26(27)33-15-17-34(18-16-33)30(36)28(22-8-3-2-4-9-22)32-29(35)24-12-11-21-7-5-6-10-23(21)19-24/h2-14,19-20,28H,15-18H2,1H3,(H,32,35)/t28-/m1/s1. The molecule has 5 rings (SSSR count). The minimum atomic E-state index is -3.65. The van der Waals surface area contributed by atoms with Gasteiger partial charge in [-0.15, -0.1) is 0 Å². The molecule has 0 spiro atoms. The Morgan fingerprint density at radius 1 is 0.821 bits per heavy atom. The molecule has 1 aliphatic heterocycles. The third kappa shape index (κ3) is 5.78. The monoisotopic (exact) mass is 545 g/mol. The number of amides is 2. The van der Waals surface area contributed by atoms with Gasteiger partial charge in [0.15, 0.2) is 9.84 Å². The van der Waals surface area contributed by atoms with Crippen LogP contribution in [0.1, 0.15) is 22.0 Å². The van der Waals surface area contributed by atoms with Crippen LogP contribution in [-0.4, -0.2) is 57.6 Å². The van der Waals surface area contributed by atoms with E-state index in [0.29, 0.717) is 43.0 Å². The maximum absolute atomic E-state index is 13.8. The predicted molar refractivity (Wildman–Crippen MR) is 149 cm³/mol. The Morgan fingerprint density at radius 3 is 2.18 bits per heavy atom. The molecule has 1 atom stereocenters. The number of carbonyl (C=O) groups is 2. The number of piperazine rings is 1. The molecule has 1 fully saturated rings. The van der Waals surface area contributed by atoms with Gasteiger partial charge in [0.1, 0.15) is 11.9 Å². The van der Waals surface area contributed by atoms with Crippen molar-refractivity contribution in [2.75, 3.05) is 37.3 Å². The lowest BCUT2D eigenvalue weighted by Gasteiger charge is -2.38. The highest BCUT2D eigenvalue weighted by Crippen LogP contribution is 2.28. The van der Waals surface area contributed by atoms with Crippen molar-refractivity contribution >= 4 is 38.1 Å². The lowest BCUT2D eigenvalue weighted by atomic mass is 10.0. The van der Waals surface area contributed by atoms with Crippen LogP contribution in [-0.2, 0) is 14.6 Å². The maximum Gasteiger partial charge on any atom is 0.252 e. The molecule has 200 valence electrons. The van der Waals surface area contributed by atoms with Crippen LogP contribution in [0, 0.1) is 5.82 Å². The van der Waals surface area contributed by atoms with E-state index in [1.54, 1.807) is 29.2 Å². The maximum atomic E-state index is 13.8. The fraction of sp³-hybridized carbons (Fsp3) is 0.200. The van der Waals surface area contributed by atoms with Gasteiger partial charge < -0.3 is 15.1 Å². The number of rotatable bonds is 6. The fourth-order valence-corrected chi connectivity index (χ4v) is 5.78. The minimum absolute atomic E-state index is 0.0768. The summed E-state index contributed by atoms with van der Waals surface area (Å²) in [6, 6.07) is 25.1. The molecule has 4 aromatic carbocycles. The predicted octanol–water partition coefficient (Wildman–Crippen LogP) is 4.20. The molecule has 9 heteroatoms. The summed E-state index contributed by atoms with van der Waals surface area (Å²) >= 11 is 0. The van der Waals surface area contributed by atoms with Gasteiger partial charge in [-0.2, -0.15) is 0 Å². The van der Waals surface area contributed by atoms with Crippen LogP contribution in [0.3, 0.4) is 0 Å². The van der Waals surface area contributed by atoms with Crippen molar-refractivity contribution in [3.8, 4) is 0 Å². The Labute approximate surface area is 226 Å². The quantitative estimate of drug-likeness (QED) is 0.393. The Morgan fingerprint density at radius 2 is 1.49 bits per heavy atom. The molecule has 7 nitrogen and oxygen atoms in total. The number of benzene rings is 4. The Bertz CT molecular complexity index is 1630. The van der Waals surface area contributed by atoms with E-state index in [0.717, 1.165) is 23.1 Å². The number of sulfone groups is 1. The molecule has 2 amide bonds. The third-order valence-corrected chi connectivity index (χ3v) is 8.05. The van der Waals surface area contributed by atoms with Gasteiger partial charge in [-0.25, -0.2) is 12.8 Å². The van der Waals surface area contributed by atoms with E-state index < -0.39 is 21.7 Å². The summed E-state index contributed by atoms with van der Waals surface area (Å²) in [6.45, 7) is 1.35. The summed E-state index contributed by atoms with van der Waals surface area (Å²) in [5, 5.41) is 4.87. The zero-order chi connectivity index (χ0) is 27.6. The first-order valence-corrected chi connectivity index (χ1v) is 14.5. The molecule has 0 aliphatic carbocycles. The highest BCUT2D eigenvalue weighted by Gasteiger charge is 2.31. The van der Waals surface area contributed by atoms with Crippen LogP contribution in [0.15, 0.2) is 95.9 Å². The topological polar surface area (TPSA) is 86.8 Å². The normalized spacial score (nSPS) is 14.7. The van der Waals surface area contributed by atoms with Gasteiger partial charge in [0.05, 0.1) is 10.6 Å². The van der Waals surface area contributed by atoms with Gasteiger partial charge in [0, 0.05) is 38.0 Å². The second kappa shape index (κ2) is 10.9. The van der Waals surface area contributed by atoms with Crippen molar-refractivity contribution in [3.05, 3.63) is 108 Å². The van der Waals surface area contributed by atoms with Crippen LogP contribution in [0.2, 0.25) is 0 Å². The highest BCUT2D eigenvalue weighted by molar-refractivity contribution is 7.90. The molecule has 1 heterocycles. The number of carbonyl (C=O) groups excluding carboxylic acids is 2. The fourth-order valence-electron chi connectivity index (χ4n) is 4.87. The van der Waals surface area contributed by atoms with Gasteiger partial charge in [-0.1, -0.05) is 60.7 Å². The first-order chi connectivity index (χ1) is 18.7. The SMILES string of the molecule is CS(=O)(=O)c1cc(F)ccc1N1CCN(C(=O)[C@H](NC(=O)c2ccc3ccccc3c2)c2ccccc2)CC1. The van der Waals surface area contributed by atoms with Crippen LogP contribution in [0.5, 0.6) is 0 Å². The van der Waals surface area contributed by atoms with Crippen molar-refractivity contribution in [1.29, 1.82) is 0 Å². The van der Waals surface area contributed by atoms with Crippen molar-refractivity contribution in [2.45, 2.75) is 10.9 Å². The molecule has 0 aromatic heterocycles. The molecule has 1 saturated heterocycles. The van der Waals surface area contributed by atoms with E-state index in [9.17, 15) is 22.4 Å². The largest absolute Gasteiger partial charge is 0.367 e. The molecule has 0 radical (unpaired) electrons. The average Bonchev–Trinajstić information content (AvgIpc) is 2.95. The summed E-state index contributed by atoms with van der Waals surface area (Å²) in [7, 11) is -3.65. The van der Waals surface area contributed by atoms with Crippen LogP contribution >= 0.6 is 0 Å². The highest BCUT2D eigenvalue weighted by atomic mass is 32.2. The van der Waals surface area contributed by atoms with Gasteiger partial charge in [-0.3, -0.25) is 9.59 Å². The van der Waals surface area contributed by atoms with Crippen LogP contribution in [0.25, 0.3) is 10.8 Å². The number of hydrogen-bond acceptors (Lipinski definition) is 5. The number of nitrogens with zero attached hydrogens (tertiary/aromatic N) is 2. The zero-order valence-corrected chi connectivity index (χ0v) is 22.2. The molecule has 0 bridgehead atoms. The third-order valence-electron chi connectivity index (χ3n) is 6.92. The first kappa shape index (κ1) is 26.4. The molecular formula is C30H28FN3O4S. The van der Waals surface area contributed by atoms with Crippen molar-refractivity contribution in [2.24, 2.45) is 0 Å². The number of nitrogens with one attached hydrogen (secondary N) is 1. The summed E-state index contributed by atoms with van der Waals surface area (Å²) in [4.78, 5) is 30.4. The van der Waals surface area contributed by atoms with Crippen molar-refractivity contribution in [1.82, 2.24) is 10.2 Å². The average molecular weight is 546 g/mol. The summed E-state index contributed by atoms with van der Waals surface area (Å²) in [6.07, 6.45) is 1.05. The number of fused-ring (bicyclic) bond motifs is 1. The lowest BCUT2D eigenvalue weighted by molar-refractivity contribution is -0.133. The summed E-state index contributed by atoms with van der Waals surface area (Å²) in [5.74, 6) is -1.23. The second-order valence-electron chi connectivity index (χ2n) is 9.58. The summed E-state index contributed by atoms with van der Waals surface area (Å²) in [5.41, 5.74) is 1.53. The van der Waals surface area contributed by atoms with Crippen LogP contribution in [0.4, 0.5) is 10.1 Å². The van der Waals surface area contributed by atoms with Crippen LogP contribution < -0.4 is 10.2 Å². The van der Waals surface area contributed by atoms with E-state index in [1.807, 2.05) is 53.4 Å². The smallest absolute Gasteiger partial charge is 0.252 e. The summed E-state index contributed by atoms with van der Waals surface area (Å²) < 4.78 is 38.3. The second-order valence-corrected chi connectivity index (χ2v) is 11.6. The number of halogens is 1. The van der Waals surface area contributed by atoms with E-state index in [4.69, 9.17) is 0 Å². The molecular weight excluding hydrogens is 517 g/mol. The molecule has 1 N–H and O–H groups in total. The zero-order valence-electron chi connectivity index (χ0n) is 21.4. The van der Waals surface area contributed by atoms with E-state index in [-0.39, 0.29) is 16.7 Å². The first-order valence-electron chi connectivity index (χ1n) is 12.6. The molecule has 4 aromatic rings. The lowest BCUT2D eigenvalue weighted by Crippen LogP contribution is -2.52. The van der Waals surface area contributed by atoms with E-state index >= 15 is 0 Å². The Balaban J connectivity index is 1.35. The minimum Gasteiger partial charge on any atom is -0.367 e.